The fourth-order valence-corrected chi connectivity index (χ4v) is 4.79. The molecule has 2 heterocycles. The van der Waals surface area contributed by atoms with Gasteiger partial charge < -0.3 is 15.2 Å². The number of rotatable bonds is 7. The van der Waals surface area contributed by atoms with Crippen LogP contribution in [0.25, 0.3) is 0 Å². The van der Waals surface area contributed by atoms with Crippen LogP contribution >= 0.6 is 21.0 Å². The molecule has 2 aliphatic rings. The Bertz CT molecular complexity index is 894. The van der Waals surface area contributed by atoms with Gasteiger partial charge in [-0.25, -0.2) is 4.98 Å². The van der Waals surface area contributed by atoms with Crippen molar-refractivity contribution in [2.45, 2.75) is 55.2 Å². The second-order valence-electron chi connectivity index (χ2n) is 7.87. The number of ether oxygens (including phenoxy) is 1. The molecule has 1 aliphatic heterocycles. The largest absolute Gasteiger partial charge is 0.438 e. The third-order valence-electron chi connectivity index (χ3n) is 5.79. The molecule has 2 N–H and O–H groups in total. The highest BCUT2D eigenvalue weighted by Gasteiger charge is 2.45. The van der Waals surface area contributed by atoms with E-state index in [0.717, 1.165) is 35.9 Å². The van der Waals surface area contributed by atoms with Crippen LogP contribution in [0.3, 0.4) is 0 Å². The van der Waals surface area contributed by atoms with Crippen LogP contribution in [0.2, 0.25) is 0 Å². The summed E-state index contributed by atoms with van der Waals surface area (Å²) in [6.45, 7) is 0. The first-order valence-electron chi connectivity index (χ1n) is 10.1. The third kappa shape index (κ3) is 5.00. The molecule has 2 aromatic rings. The van der Waals surface area contributed by atoms with E-state index in [1.807, 2.05) is 36.6 Å². The maximum absolute atomic E-state index is 13.2. The van der Waals surface area contributed by atoms with E-state index in [0.29, 0.717) is 17.2 Å². The summed E-state index contributed by atoms with van der Waals surface area (Å²) < 4.78 is 5.99. The van der Waals surface area contributed by atoms with Gasteiger partial charge in [-0.3, -0.25) is 4.79 Å². The Morgan fingerprint density at radius 1 is 1.34 bits per heavy atom. The molecule has 1 aliphatic carbocycles. The van der Waals surface area contributed by atoms with Crippen molar-refractivity contribution in [3.63, 3.8) is 0 Å². The van der Waals surface area contributed by atoms with E-state index in [1.54, 1.807) is 18.0 Å². The van der Waals surface area contributed by atoms with Crippen LogP contribution < -0.4 is 15.4 Å². The highest BCUT2D eigenvalue weighted by molar-refractivity contribution is 7.98. The summed E-state index contributed by atoms with van der Waals surface area (Å²) in [5.41, 5.74) is 0.497. The summed E-state index contributed by atoms with van der Waals surface area (Å²) in [7, 11) is 2.59. The number of nitrogens with one attached hydrogen (secondary N) is 1. The minimum Gasteiger partial charge on any atom is -0.438 e. The van der Waals surface area contributed by atoms with Crippen LogP contribution in [-0.2, 0) is 0 Å². The van der Waals surface area contributed by atoms with E-state index < -0.39 is 0 Å². The minimum atomic E-state index is -0.235. The van der Waals surface area contributed by atoms with E-state index in [2.05, 4.69) is 19.5 Å². The number of aliphatic hydroxyl groups excluding tert-OH is 1. The second-order valence-corrected chi connectivity index (χ2v) is 9.41. The van der Waals surface area contributed by atoms with Crippen LogP contribution in [0.15, 0.2) is 41.4 Å². The molecule has 1 aromatic carbocycles. The van der Waals surface area contributed by atoms with Gasteiger partial charge in [0.1, 0.15) is 5.75 Å². The fourth-order valence-electron chi connectivity index (χ4n) is 4.10. The fraction of sp³-hybridized carbons (Fsp3) is 0.455. The molecule has 0 radical (unpaired) electrons. The number of nitrogens with zero attached hydrogens (tertiary/aromatic N) is 1. The van der Waals surface area contributed by atoms with Crippen LogP contribution in [0.5, 0.6) is 11.6 Å². The molecule has 4 unspecified atom stereocenters. The lowest BCUT2D eigenvalue weighted by molar-refractivity contribution is 0.0647. The molecule has 2 fully saturated rings. The lowest BCUT2D eigenvalue weighted by Gasteiger charge is -2.27. The number of pyridine rings is 1. The number of ketones is 1. The minimum absolute atomic E-state index is 0.00752. The standard InChI is InChI=1S/C22H27N2O3PS/c1-29-16-7-4-6-14(10-16)27-22-17(11-15(28)12-23-22)21(26)20-18(24-20)9-13-5-2-3-8-19(13)25/h4,6-7,10-13,18-20,24-25H,2-3,5,8-9,28H2,1H3/t13?,18?,19-,20?/m1/s1. The van der Waals surface area contributed by atoms with Crippen LogP contribution in [0, 0.1) is 5.92 Å². The quantitative estimate of drug-likeness (QED) is 0.303. The summed E-state index contributed by atoms with van der Waals surface area (Å²) in [6.07, 6.45) is 8.50. The van der Waals surface area contributed by atoms with E-state index in [1.165, 1.54) is 6.42 Å². The van der Waals surface area contributed by atoms with Gasteiger partial charge in [-0.1, -0.05) is 18.9 Å². The maximum atomic E-state index is 13.2. The summed E-state index contributed by atoms with van der Waals surface area (Å²) >= 11 is 1.64. The Labute approximate surface area is 178 Å². The normalized spacial score (nSPS) is 26.2. The monoisotopic (exact) mass is 430 g/mol. The molecule has 5 atom stereocenters. The first kappa shape index (κ1) is 20.8. The first-order chi connectivity index (χ1) is 14.0. The van der Waals surface area contributed by atoms with Gasteiger partial charge in [0.05, 0.1) is 17.7 Å². The summed E-state index contributed by atoms with van der Waals surface area (Å²) in [4.78, 5) is 18.6. The summed E-state index contributed by atoms with van der Waals surface area (Å²) in [6, 6.07) is 9.48. The number of thioether (sulfide) groups is 1. The molecular weight excluding hydrogens is 403 g/mol. The van der Waals surface area contributed by atoms with Crippen molar-refractivity contribution >= 4 is 32.1 Å². The number of benzene rings is 1. The molecule has 0 amide bonds. The van der Waals surface area contributed by atoms with E-state index in [4.69, 9.17) is 4.74 Å². The van der Waals surface area contributed by atoms with E-state index in [-0.39, 0.29) is 29.9 Å². The van der Waals surface area contributed by atoms with Crippen molar-refractivity contribution in [3.05, 3.63) is 42.1 Å². The summed E-state index contributed by atoms with van der Waals surface area (Å²) in [5.74, 6) is 1.30. The number of carbonyl (C=O) groups is 1. The zero-order chi connectivity index (χ0) is 20.4. The molecule has 7 heteroatoms. The number of Topliss-reactive ketones (excluding diaryl/α,β-unsaturated/α-hetero) is 1. The first-order valence-corrected chi connectivity index (χ1v) is 11.9. The Kier molecular flexibility index (Phi) is 6.55. The molecule has 154 valence electrons. The SMILES string of the molecule is CSc1cccc(Oc2ncc(P)cc2C(=O)C2NC2CC2CCCC[C@H]2O)c1. The van der Waals surface area contributed by atoms with Gasteiger partial charge in [-0.05, 0) is 61.0 Å². The number of hydrogen-bond acceptors (Lipinski definition) is 6. The van der Waals surface area contributed by atoms with Gasteiger partial charge >= 0.3 is 0 Å². The average molecular weight is 431 g/mol. The van der Waals surface area contributed by atoms with Crippen LogP contribution in [0.4, 0.5) is 0 Å². The van der Waals surface area contributed by atoms with Gasteiger partial charge in [0.15, 0.2) is 5.78 Å². The number of hydrogen-bond donors (Lipinski definition) is 2. The predicted octanol–water partition coefficient (Wildman–Crippen LogP) is 3.56. The Morgan fingerprint density at radius 3 is 2.97 bits per heavy atom. The van der Waals surface area contributed by atoms with Crippen molar-refractivity contribution in [2.24, 2.45) is 5.92 Å². The highest BCUT2D eigenvalue weighted by Crippen LogP contribution is 2.34. The van der Waals surface area contributed by atoms with Crippen molar-refractivity contribution in [1.29, 1.82) is 0 Å². The van der Waals surface area contributed by atoms with Crippen molar-refractivity contribution in [1.82, 2.24) is 10.3 Å². The topological polar surface area (TPSA) is 81.4 Å². The molecule has 4 rings (SSSR count). The van der Waals surface area contributed by atoms with Gasteiger partial charge in [0, 0.05) is 17.1 Å². The Morgan fingerprint density at radius 2 is 2.17 bits per heavy atom. The molecule has 0 spiro atoms. The van der Waals surface area contributed by atoms with E-state index in [9.17, 15) is 9.90 Å². The Hall–Kier alpha value is -1.46. The van der Waals surface area contributed by atoms with Crippen molar-refractivity contribution in [2.75, 3.05) is 6.26 Å². The second kappa shape index (κ2) is 9.13. The molecule has 0 bridgehead atoms. The number of aromatic nitrogens is 1. The highest BCUT2D eigenvalue weighted by atomic mass is 32.2. The zero-order valence-corrected chi connectivity index (χ0v) is 18.5. The predicted molar refractivity (Wildman–Crippen MR) is 120 cm³/mol. The van der Waals surface area contributed by atoms with E-state index >= 15 is 0 Å². The third-order valence-corrected chi connectivity index (χ3v) is 6.83. The van der Waals surface area contributed by atoms with Crippen molar-refractivity contribution in [3.8, 4) is 11.6 Å². The maximum Gasteiger partial charge on any atom is 0.230 e. The van der Waals surface area contributed by atoms with Crippen LogP contribution in [0.1, 0.15) is 42.5 Å². The van der Waals surface area contributed by atoms with Crippen LogP contribution in [-0.4, -0.2) is 40.3 Å². The molecule has 1 saturated carbocycles. The number of carbonyl (C=O) groups excluding carboxylic acids is 1. The molecule has 1 saturated heterocycles. The molecule has 29 heavy (non-hydrogen) atoms. The van der Waals surface area contributed by atoms with Gasteiger partial charge in [0.2, 0.25) is 5.88 Å². The summed E-state index contributed by atoms with van der Waals surface area (Å²) in [5, 5.41) is 14.4. The zero-order valence-electron chi connectivity index (χ0n) is 16.5. The number of aliphatic hydroxyl groups is 1. The van der Waals surface area contributed by atoms with Gasteiger partial charge in [-0.15, -0.1) is 21.0 Å². The van der Waals surface area contributed by atoms with Crippen molar-refractivity contribution < 1.29 is 14.6 Å². The smallest absolute Gasteiger partial charge is 0.230 e. The van der Waals surface area contributed by atoms with Gasteiger partial charge in [-0.2, -0.15) is 0 Å². The lowest BCUT2D eigenvalue weighted by atomic mass is 9.83. The lowest BCUT2D eigenvalue weighted by Crippen LogP contribution is -2.26. The molecule has 1 aromatic heterocycles. The molecular formula is C22H27N2O3PS. The Balaban J connectivity index is 1.48. The van der Waals surface area contributed by atoms with Gasteiger partial charge in [0.25, 0.3) is 0 Å². The average Bonchev–Trinajstić information content (AvgIpc) is 3.50. The molecule has 5 nitrogen and oxygen atoms in total.